The molecule has 2 atom stereocenters. The van der Waals surface area contributed by atoms with Crippen LogP contribution in [0, 0.1) is 5.41 Å². The second kappa shape index (κ2) is 6.56. The fraction of sp³-hybridized carbons (Fsp3) is 0.368. The third-order valence-electron chi connectivity index (χ3n) is 4.77. The molecule has 0 fully saturated rings. The van der Waals surface area contributed by atoms with Gasteiger partial charge in [-0.3, -0.25) is 0 Å². The van der Waals surface area contributed by atoms with Crippen LogP contribution < -0.4 is 11.4 Å². The zero-order chi connectivity index (χ0) is 18.2. The molecule has 0 aliphatic heterocycles. The predicted molar refractivity (Wildman–Crippen MR) is 100 cm³/mol. The van der Waals surface area contributed by atoms with Gasteiger partial charge in [0.15, 0.2) is 0 Å². The lowest BCUT2D eigenvalue weighted by atomic mass is 9.76. The first-order valence-electron chi connectivity index (χ1n) is 8.24. The quantitative estimate of drug-likeness (QED) is 0.674. The van der Waals surface area contributed by atoms with Gasteiger partial charge >= 0.3 is 11.4 Å². The SMILES string of the molecule is Cn1c(=O)[nH]n([C@@H]2C=C[C@H](c3ccccc3)C=C2C(C)(C)CCl)c1=O. The molecule has 0 saturated heterocycles. The Morgan fingerprint density at radius 1 is 1.16 bits per heavy atom. The van der Waals surface area contributed by atoms with Gasteiger partial charge in [-0.2, -0.15) is 0 Å². The summed E-state index contributed by atoms with van der Waals surface area (Å²) in [6.07, 6.45) is 6.18. The van der Waals surface area contributed by atoms with Crippen LogP contribution in [-0.2, 0) is 7.05 Å². The molecule has 1 aliphatic rings. The maximum Gasteiger partial charge on any atom is 0.347 e. The zero-order valence-corrected chi connectivity index (χ0v) is 15.3. The van der Waals surface area contributed by atoms with E-state index in [0.29, 0.717) is 5.88 Å². The first-order chi connectivity index (χ1) is 11.8. The predicted octanol–water partition coefficient (Wildman–Crippen LogP) is 2.96. The van der Waals surface area contributed by atoms with Crippen LogP contribution >= 0.6 is 11.6 Å². The maximum atomic E-state index is 12.4. The molecule has 1 aromatic heterocycles. The van der Waals surface area contributed by atoms with E-state index in [0.717, 1.165) is 10.1 Å². The van der Waals surface area contributed by atoms with Crippen molar-refractivity contribution < 1.29 is 0 Å². The highest BCUT2D eigenvalue weighted by Gasteiger charge is 2.33. The number of H-pyrrole nitrogens is 1. The van der Waals surface area contributed by atoms with E-state index in [1.54, 1.807) is 0 Å². The Balaban J connectivity index is 2.11. The third kappa shape index (κ3) is 3.16. The summed E-state index contributed by atoms with van der Waals surface area (Å²) in [6.45, 7) is 4.10. The molecule has 3 rings (SSSR count). The second-order valence-corrected chi connectivity index (χ2v) is 7.30. The molecule has 2 aromatic rings. The van der Waals surface area contributed by atoms with Crippen LogP contribution in [0.3, 0.4) is 0 Å². The Morgan fingerprint density at radius 3 is 2.40 bits per heavy atom. The number of allylic oxidation sites excluding steroid dienone is 4. The van der Waals surface area contributed by atoms with Crippen molar-refractivity contribution in [2.24, 2.45) is 12.5 Å². The average molecular weight is 360 g/mol. The van der Waals surface area contributed by atoms with E-state index >= 15 is 0 Å². The smallest absolute Gasteiger partial charge is 0.246 e. The Morgan fingerprint density at radius 2 is 1.84 bits per heavy atom. The van der Waals surface area contributed by atoms with Crippen LogP contribution in [0.25, 0.3) is 0 Å². The topological polar surface area (TPSA) is 59.8 Å². The number of aromatic amines is 1. The summed E-state index contributed by atoms with van der Waals surface area (Å²) in [5, 5.41) is 2.64. The second-order valence-electron chi connectivity index (χ2n) is 7.03. The molecular weight excluding hydrogens is 338 g/mol. The van der Waals surface area contributed by atoms with Gasteiger partial charge in [0.1, 0.15) is 0 Å². The van der Waals surface area contributed by atoms with Crippen LogP contribution in [0.5, 0.6) is 0 Å². The van der Waals surface area contributed by atoms with Crippen LogP contribution in [0.2, 0.25) is 0 Å². The molecule has 0 spiro atoms. The standard InChI is InChI=1S/C19H22ClN3O2/c1-19(2,12-20)15-11-14(13-7-5-4-6-8-13)9-10-16(15)23-18(25)22(3)17(24)21-23/h4-11,14,16H,12H2,1-3H3,(H,21,24)/t14-,16+/m0/s1. The van der Waals surface area contributed by atoms with Crippen molar-refractivity contribution in [2.75, 3.05) is 5.88 Å². The van der Waals surface area contributed by atoms with E-state index in [9.17, 15) is 9.59 Å². The van der Waals surface area contributed by atoms with Gasteiger partial charge in [0.25, 0.3) is 0 Å². The number of benzene rings is 1. The number of nitrogens with zero attached hydrogens (tertiary/aromatic N) is 2. The van der Waals surface area contributed by atoms with Crippen molar-refractivity contribution in [1.82, 2.24) is 14.3 Å². The van der Waals surface area contributed by atoms with Gasteiger partial charge in [-0.25, -0.2) is 23.9 Å². The van der Waals surface area contributed by atoms with Gasteiger partial charge in [0, 0.05) is 24.3 Å². The maximum absolute atomic E-state index is 12.4. The summed E-state index contributed by atoms with van der Waals surface area (Å²) >= 11 is 6.22. The number of alkyl halides is 1. The minimum absolute atomic E-state index is 0.112. The fourth-order valence-corrected chi connectivity index (χ4v) is 3.30. The summed E-state index contributed by atoms with van der Waals surface area (Å²) in [5.41, 5.74) is 1.08. The van der Waals surface area contributed by atoms with Crippen LogP contribution in [0.15, 0.2) is 63.7 Å². The molecular formula is C19H22ClN3O2. The minimum atomic E-state index is -0.424. The fourth-order valence-electron chi connectivity index (χ4n) is 3.15. The van der Waals surface area contributed by atoms with Gasteiger partial charge in [-0.15, -0.1) is 11.6 Å². The molecule has 132 valence electrons. The molecule has 25 heavy (non-hydrogen) atoms. The normalized spacial score (nSPS) is 20.6. The van der Waals surface area contributed by atoms with E-state index < -0.39 is 5.69 Å². The summed E-state index contributed by atoms with van der Waals surface area (Å²) in [7, 11) is 1.47. The number of hydrogen-bond donors (Lipinski definition) is 1. The van der Waals surface area contributed by atoms with Crippen LogP contribution in [0.1, 0.15) is 31.4 Å². The van der Waals surface area contributed by atoms with Gasteiger partial charge in [0.05, 0.1) is 6.04 Å². The Kier molecular flexibility index (Phi) is 4.60. The van der Waals surface area contributed by atoms with E-state index in [-0.39, 0.29) is 23.1 Å². The Labute approximate surface area is 151 Å². The largest absolute Gasteiger partial charge is 0.347 e. The van der Waals surface area contributed by atoms with Crippen molar-refractivity contribution in [3.8, 4) is 0 Å². The molecule has 0 saturated carbocycles. The van der Waals surface area contributed by atoms with Gasteiger partial charge in [-0.1, -0.05) is 62.4 Å². The molecule has 0 unspecified atom stereocenters. The van der Waals surface area contributed by atoms with Crippen LogP contribution in [-0.4, -0.2) is 20.2 Å². The van der Waals surface area contributed by atoms with Crippen molar-refractivity contribution in [3.63, 3.8) is 0 Å². The molecule has 5 nitrogen and oxygen atoms in total. The molecule has 1 heterocycles. The molecule has 0 bridgehead atoms. The Hall–Kier alpha value is -2.27. The third-order valence-corrected chi connectivity index (χ3v) is 5.44. The van der Waals surface area contributed by atoms with Gasteiger partial charge in [0.2, 0.25) is 0 Å². The summed E-state index contributed by atoms with van der Waals surface area (Å²) in [4.78, 5) is 24.2. The number of halogens is 1. The molecule has 1 N–H and O–H groups in total. The molecule has 1 aromatic carbocycles. The lowest BCUT2D eigenvalue weighted by Gasteiger charge is -2.34. The van der Waals surface area contributed by atoms with Crippen molar-refractivity contribution >= 4 is 11.6 Å². The molecule has 0 amide bonds. The van der Waals surface area contributed by atoms with E-state index in [1.807, 2.05) is 38.1 Å². The number of nitrogens with one attached hydrogen (secondary N) is 1. The van der Waals surface area contributed by atoms with E-state index in [2.05, 4.69) is 29.4 Å². The lowest BCUT2D eigenvalue weighted by Crippen LogP contribution is -2.33. The van der Waals surface area contributed by atoms with Crippen molar-refractivity contribution in [1.29, 1.82) is 0 Å². The van der Waals surface area contributed by atoms with Gasteiger partial charge in [-0.05, 0) is 11.1 Å². The summed E-state index contributed by atoms with van der Waals surface area (Å²) in [5.74, 6) is 0.525. The zero-order valence-electron chi connectivity index (χ0n) is 14.6. The number of rotatable bonds is 4. The Bertz CT molecular complexity index is 932. The molecule has 6 heteroatoms. The minimum Gasteiger partial charge on any atom is -0.246 e. The molecule has 0 radical (unpaired) electrons. The highest BCUT2D eigenvalue weighted by Crippen LogP contribution is 2.41. The first-order valence-corrected chi connectivity index (χ1v) is 8.77. The van der Waals surface area contributed by atoms with Gasteiger partial charge < -0.3 is 0 Å². The highest BCUT2D eigenvalue weighted by molar-refractivity contribution is 6.18. The van der Waals surface area contributed by atoms with E-state index in [4.69, 9.17) is 11.6 Å². The number of hydrogen-bond acceptors (Lipinski definition) is 2. The summed E-state index contributed by atoms with van der Waals surface area (Å²) in [6, 6.07) is 9.81. The molecule has 1 aliphatic carbocycles. The van der Waals surface area contributed by atoms with E-state index in [1.165, 1.54) is 17.3 Å². The highest BCUT2D eigenvalue weighted by atomic mass is 35.5. The first kappa shape index (κ1) is 17.5. The summed E-state index contributed by atoms with van der Waals surface area (Å²) < 4.78 is 2.45. The average Bonchev–Trinajstić information content (AvgIpc) is 2.89. The van der Waals surface area contributed by atoms with Crippen molar-refractivity contribution in [2.45, 2.75) is 25.8 Å². The number of aromatic nitrogens is 3. The van der Waals surface area contributed by atoms with Crippen molar-refractivity contribution in [3.05, 3.63) is 80.7 Å². The monoisotopic (exact) mass is 359 g/mol. The van der Waals surface area contributed by atoms with Crippen LogP contribution in [0.4, 0.5) is 0 Å². The lowest BCUT2D eigenvalue weighted by molar-refractivity contribution is 0.421.